The zero-order valence-electron chi connectivity index (χ0n) is 19.8. The van der Waals surface area contributed by atoms with Gasteiger partial charge < -0.3 is 9.90 Å². The van der Waals surface area contributed by atoms with Gasteiger partial charge in [0.15, 0.2) is 0 Å². The number of rotatable bonds is 6. The van der Waals surface area contributed by atoms with Crippen LogP contribution < -0.4 is 39.0 Å². The maximum Gasteiger partial charge on any atom is 1.00 e. The van der Waals surface area contributed by atoms with Crippen LogP contribution in [0.3, 0.4) is 0 Å². The maximum atomic E-state index is 13.9. The van der Waals surface area contributed by atoms with E-state index in [0.29, 0.717) is 11.3 Å². The largest absolute Gasteiger partial charge is 1.00 e. The minimum atomic E-state index is -4.12. The van der Waals surface area contributed by atoms with Gasteiger partial charge >= 0.3 is 29.6 Å². The number of aromatic carboxylic acids is 1. The number of carboxylic acid groups (broad SMARTS) is 1. The van der Waals surface area contributed by atoms with Crippen molar-refractivity contribution in [3.8, 4) is 0 Å². The Morgan fingerprint density at radius 3 is 2.17 bits per heavy atom. The van der Waals surface area contributed by atoms with Crippen LogP contribution in [0.15, 0.2) is 96.2 Å². The zero-order valence-corrected chi connectivity index (χ0v) is 22.6. The molecule has 0 aliphatic rings. The first-order valence-electron chi connectivity index (χ1n) is 10.9. The third-order valence-corrected chi connectivity index (χ3v) is 7.68. The molecular formula is C27H20N3NaO4S. The van der Waals surface area contributed by atoms with Crippen molar-refractivity contribution in [3.05, 3.63) is 108 Å². The number of carboxylic acids is 1. The summed E-state index contributed by atoms with van der Waals surface area (Å²) in [7, 11) is -4.12. The molecule has 0 atom stereocenters. The molecule has 0 aliphatic heterocycles. The van der Waals surface area contributed by atoms with Crippen LogP contribution in [-0.2, 0) is 16.6 Å². The Bertz CT molecular complexity index is 1690. The van der Waals surface area contributed by atoms with Crippen molar-refractivity contribution in [2.45, 2.75) is 18.4 Å². The first-order chi connectivity index (χ1) is 16.8. The van der Waals surface area contributed by atoms with E-state index in [9.17, 15) is 18.3 Å². The van der Waals surface area contributed by atoms with Crippen LogP contribution in [0.5, 0.6) is 0 Å². The fraction of sp³-hybridized carbons (Fsp3) is 0.0741. The Kier molecular flexibility index (Phi) is 7.42. The van der Waals surface area contributed by atoms with Crippen molar-refractivity contribution in [1.29, 1.82) is 0 Å². The first-order valence-corrected chi connectivity index (χ1v) is 12.3. The van der Waals surface area contributed by atoms with Crippen LogP contribution in [0.4, 0.5) is 5.82 Å². The van der Waals surface area contributed by atoms with Gasteiger partial charge in [-0.25, -0.2) is 17.7 Å². The molecule has 0 aliphatic carbocycles. The van der Waals surface area contributed by atoms with Gasteiger partial charge in [-0.05, 0) is 41.5 Å². The molecule has 0 radical (unpaired) electrons. The third kappa shape index (κ3) is 4.85. The summed E-state index contributed by atoms with van der Waals surface area (Å²) in [6.45, 7) is 1.78. The molecule has 9 heteroatoms. The van der Waals surface area contributed by atoms with Crippen LogP contribution in [-0.4, -0.2) is 24.4 Å². The molecule has 0 spiro atoms. The van der Waals surface area contributed by atoms with E-state index in [1.54, 1.807) is 12.4 Å². The Labute approximate surface area is 230 Å². The van der Waals surface area contributed by atoms with Crippen LogP contribution in [0.25, 0.3) is 21.5 Å². The van der Waals surface area contributed by atoms with Crippen LogP contribution >= 0.6 is 0 Å². The molecule has 0 amide bonds. The standard InChI is InChI=1S/C27H21N3O4S.Na/c1-18-25-9-5-4-8-22(25)16-29-26(18)30(17-23-14-20-6-2-3-7-21(20)15-28-23)35(33,34)24-12-10-19(11-13-24)27(31)32;/h2-16H,17H2,1H3,(H,31,32);/q;+1/p-1. The Morgan fingerprint density at radius 1 is 0.861 bits per heavy atom. The molecule has 0 unspecified atom stereocenters. The van der Waals surface area contributed by atoms with Gasteiger partial charge in [-0.3, -0.25) is 4.98 Å². The molecule has 2 aromatic heterocycles. The van der Waals surface area contributed by atoms with E-state index in [4.69, 9.17) is 0 Å². The van der Waals surface area contributed by atoms with Gasteiger partial charge in [0.25, 0.3) is 10.0 Å². The molecule has 0 bridgehead atoms. The summed E-state index contributed by atoms with van der Waals surface area (Å²) in [5.74, 6) is -1.10. The SMILES string of the molecule is Cc1c(N(Cc2cc3ccccc3cn2)S(=O)(=O)c2ccc(C(=O)[O-])cc2)ncc2ccccc12.[Na+]. The number of aromatic nitrogens is 2. The number of carbonyl (C=O) groups is 1. The summed E-state index contributed by atoms with van der Waals surface area (Å²) < 4.78 is 29.0. The quantitative estimate of drug-likeness (QED) is 0.317. The van der Waals surface area contributed by atoms with E-state index < -0.39 is 16.0 Å². The van der Waals surface area contributed by atoms with Crippen molar-refractivity contribution < 1.29 is 47.9 Å². The van der Waals surface area contributed by atoms with Crippen molar-refractivity contribution in [3.63, 3.8) is 0 Å². The van der Waals surface area contributed by atoms with Crippen LogP contribution in [0.1, 0.15) is 21.6 Å². The number of aryl methyl sites for hydroxylation is 1. The molecule has 5 aromatic rings. The number of fused-ring (bicyclic) bond motifs is 2. The molecule has 2 heterocycles. The minimum absolute atomic E-state index is 0. The third-order valence-electron chi connectivity index (χ3n) is 5.93. The molecule has 0 N–H and O–H groups in total. The van der Waals surface area contributed by atoms with Gasteiger partial charge in [-0.15, -0.1) is 0 Å². The van der Waals surface area contributed by atoms with Crippen molar-refractivity contribution in [2.24, 2.45) is 0 Å². The van der Waals surface area contributed by atoms with Gasteiger partial charge in [-0.1, -0.05) is 60.7 Å². The summed E-state index contributed by atoms with van der Waals surface area (Å²) in [6.07, 6.45) is 3.36. The van der Waals surface area contributed by atoms with Gasteiger partial charge in [-0.2, -0.15) is 0 Å². The second-order valence-electron chi connectivity index (χ2n) is 8.14. The first kappa shape index (κ1) is 25.8. The smallest absolute Gasteiger partial charge is 0.545 e. The van der Waals surface area contributed by atoms with E-state index >= 15 is 0 Å². The van der Waals surface area contributed by atoms with E-state index in [1.807, 2.05) is 61.5 Å². The van der Waals surface area contributed by atoms with Gasteiger partial charge in [0.1, 0.15) is 5.82 Å². The molecule has 0 saturated carbocycles. The predicted molar refractivity (Wildman–Crippen MR) is 132 cm³/mol. The Hall–Kier alpha value is -3.30. The molecule has 174 valence electrons. The molecule has 5 rings (SSSR count). The predicted octanol–water partition coefficient (Wildman–Crippen LogP) is 0.854. The molecule has 3 aromatic carbocycles. The number of hydrogen-bond acceptors (Lipinski definition) is 6. The monoisotopic (exact) mass is 505 g/mol. The van der Waals surface area contributed by atoms with Gasteiger partial charge in [0.2, 0.25) is 0 Å². The van der Waals surface area contributed by atoms with Crippen molar-refractivity contribution >= 4 is 43.4 Å². The molecular weight excluding hydrogens is 485 g/mol. The summed E-state index contributed by atoms with van der Waals surface area (Å²) in [5.41, 5.74) is 1.15. The summed E-state index contributed by atoms with van der Waals surface area (Å²) in [6, 6.07) is 22.1. The number of sulfonamides is 1. The molecule has 0 fully saturated rings. The fourth-order valence-electron chi connectivity index (χ4n) is 4.08. The number of benzene rings is 3. The van der Waals surface area contributed by atoms with E-state index in [-0.39, 0.29) is 52.4 Å². The number of hydrogen-bond donors (Lipinski definition) is 0. The fourth-order valence-corrected chi connectivity index (χ4v) is 5.53. The number of carbonyl (C=O) groups excluding carboxylic acids is 1. The average molecular weight is 506 g/mol. The van der Waals surface area contributed by atoms with E-state index in [2.05, 4.69) is 9.97 Å². The van der Waals surface area contributed by atoms with Gasteiger partial charge in [0, 0.05) is 28.7 Å². The van der Waals surface area contributed by atoms with Crippen LogP contribution in [0, 0.1) is 6.92 Å². The van der Waals surface area contributed by atoms with Crippen LogP contribution in [0.2, 0.25) is 0 Å². The van der Waals surface area contributed by atoms with Crippen molar-refractivity contribution in [2.75, 3.05) is 4.31 Å². The number of pyridine rings is 2. The second kappa shape index (κ2) is 10.4. The van der Waals surface area contributed by atoms with Gasteiger partial charge in [0.05, 0.1) is 23.1 Å². The summed E-state index contributed by atoms with van der Waals surface area (Å²) in [4.78, 5) is 20.1. The van der Waals surface area contributed by atoms with E-state index in [1.165, 1.54) is 28.6 Å². The zero-order chi connectivity index (χ0) is 24.6. The second-order valence-corrected chi connectivity index (χ2v) is 10.0. The Balaban J connectivity index is 0.00000304. The normalized spacial score (nSPS) is 11.2. The molecule has 36 heavy (non-hydrogen) atoms. The molecule has 0 saturated heterocycles. The average Bonchev–Trinajstić information content (AvgIpc) is 2.88. The van der Waals surface area contributed by atoms with Crippen molar-refractivity contribution in [1.82, 2.24) is 9.97 Å². The minimum Gasteiger partial charge on any atom is -0.545 e. The summed E-state index contributed by atoms with van der Waals surface area (Å²) in [5, 5.41) is 14.8. The van der Waals surface area contributed by atoms with E-state index in [0.717, 1.165) is 21.5 Å². The molecule has 7 nitrogen and oxygen atoms in total. The summed E-state index contributed by atoms with van der Waals surface area (Å²) >= 11 is 0. The number of anilines is 1. The topological polar surface area (TPSA) is 103 Å². The number of nitrogens with zero attached hydrogens (tertiary/aromatic N) is 3. The maximum absolute atomic E-state index is 13.9. The Morgan fingerprint density at radius 2 is 1.47 bits per heavy atom.